The maximum absolute atomic E-state index is 12.5. The molecule has 1 heterocycles. The van der Waals surface area contributed by atoms with Crippen LogP contribution in [0.25, 0.3) is 0 Å². The number of rotatable bonds is 6. The molecule has 0 atom stereocenters. The average Bonchev–Trinajstić information content (AvgIpc) is 2.87. The first-order chi connectivity index (χ1) is 11.8. The number of ether oxygens (including phenoxy) is 2. The number of aromatic nitrogens is 1. The van der Waals surface area contributed by atoms with Crippen molar-refractivity contribution in [2.24, 2.45) is 0 Å². The fourth-order valence-corrected chi connectivity index (χ4v) is 2.59. The van der Waals surface area contributed by atoms with Gasteiger partial charge in [0.25, 0.3) is 0 Å². The molecule has 0 unspecified atom stereocenters. The lowest BCUT2D eigenvalue weighted by Gasteiger charge is -2.07. The van der Waals surface area contributed by atoms with Crippen LogP contribution in [0, 0.1) is 13.8 Å². The minimum atomic E-state index is -0.646. The Labute approximate surface area is 150 Å². The first-order valence-electron chi connectivity index (χ1n) is 7.67. The van der Waals surface area contributed by atoms with Crippen molar-refractivity contribution in [2.45, 2.75) is 20.8 Å². The van der Waals surface area contributed by atoms with E-state index in [4.69, 9.17) is 21.1 Å². The number of hydrogen-bond acceptors (Lipinski definition) is 5. The van der Waals surface area contributed by atoms with Crippen molar-refractivity contribution in [3.05, 3.63) is 57.4 Å². The Kier molecular flexibility index (Phi) is 5.98. The van der Waals surface area contributed by atoms with E-state index in [-0.39, 0.29) is 23.3 Å². The van der Waals surface area contributed by atoms with Gasteiger partial charge >= 0.3 is 11.9 Å². The number of carbonyl (C=O) groups excluding carboxylic acids is 3. The van der Waals surface area contributed by atoms with Crippen LogP contribution in [0.1, 0.15) is 49.4 Å². The fraction of sp³-hybridized carbons (Fsp3) is 0.278. The molecule has 0 saturated carbocycles. The molecule has 7 heteroatoms. The van der Waals surface area contributed by atoms with Gasteiger partial charge in [-0.1, -0.05) is 11.6 Å². The van der Waals surface area contributed by atoms with E-state index in [1.165, 1.54) is 12.1 Å². The quantitative estimate of drug-likeness (QED) is 0.627. The summed E-state index contributed by atoms with van der Waals surface area (Å²) in [6.45, 7) is 4.75. The summed E-state index contributed by atoms with van der Waals surface area (Å²) in [6, 6.07) is 6.12. The highest BCUT2D eigenvalue weighted by Crippen LogP contribution is 2.20. The summed E-state index contributed by atoms with van der Waals surface area (Å²) < 4.78 is 10.0. The Balaban J connectivity index is 2.14. The van der Waals surface area contributed by atoms with Crippen molar-refractivity contribution in [1.29, 1.82) is 0 Å². The molecule has 0 spiro atoms. The van der Waals surface area contributed by atoms with Crippen LogP contribution < -0.4 is 0 Å². The standard InChI is InChI=1S/C18H18ClNO5/c1-4-24-18(23)16-11(3)20-10(2)15(16)14(21)9-25-17(22)12-5-7-13(19)8-6-12/h5-8,20H,4,9H2,1-3H3. The molecule has 0 bridgehead atoms. The normalized spacial score (nSPS) is 10.4. The molecule has 0 aliphatic carbocycles. The van der Waals surface area contributed by atoms with Crippen LogP contribution in [0.5, 0.6) is 0 Å². The van der Waals surface area contributed by atoms with E-state index in [2.05, 4.69) is 4.98 Å². The smallest absolute Gasteiger partial charge is 0.340 e. The van der Waals surface area contributed by atoms with Crippen molar-refractivity contribution in [1.82, 2.24) is 4.98 Å². The van der Waals surface area contributed by atoms with Gasteiger partial charge in [0.15, 0.2) is 6.61 Å². The van der Waals surface area contributed by atoms with Crippen LogP contribution in [0.4, 0.5) is 0 Å². The molecular formula is C18H18ClNO5. The monoisotopic (exact) mass is 363 g/mol. The number of ketones is 1. The Hall–Kier alpha value is -2.60. The molecule has 1 aromatic heterocycles. The van der Waals surface area contributed by atoms with Crippen molar-refractivity contribution in [2.75, 3.05) is 13.2 Å². The van der Waals surface area contributed by atoms with Crippen molar-refractivity contribution in [3.63, 3.8) is 0 Å². The zero-order chi connectivity index (χ0) is 18.6. The summed E-state index contributed by atoms with van der Waals surface area (Å²) >= 11 is 5.76. The maximum atomic E-state index is 12.5. The summed E-state index contributed by atoms with van der Waals surface area (Å²) in [5.74, 6) is -1.71. The van der Waals surface area contributed by atoms with Crippen molar-refractivity contribution < 1.29 is 23.9 Å². The van der Waals surface area contributed by atoms with E-state index in [0.29, 0.717) is 16.4 Å². The van der Waals surface area contributed by atoms with Crippen LogP contribution in [-0.4, -0.2) is 35.9 Å². The third-order valence-corrected chi connectivity index (χ3v) is 3.80. The SMILES string of the molecule is CCOC(=O)c1c(C)[nH]c(C)c1C(=O)COC(=O)c1ccc(Cl)cc1. The second-order valence-electron chi connectivity index (χ2n) is 5.35. The molecule has 0 saturated heterocycles. The number of Topliss-reactive ketones (excluding diaryl/α,β-unsaturated/α-hetero) is 1. The number of carbonyl (C=O) groups is 3. The number of hydrogen-bond donors (Lipinski definition) is 1. The van der Waals surface area contributed by atoms with Gasteiger partial charge in [-0.15, -0.1) is 0 Å². The number of halogens is 1. The lowest BCUT2D eigenvalue weighted by atomic mass is 10.1. The summed E-state index contributed by atoms with van der Waals surface area (Å²) in [5, 5.41) is 0.491. The van der Waals surface area contributed by atoms with E-state index in [1.54, 1.807) is 32.9 Å². The van der Waals surface area contributed by atoms with Crippen LogP contribution in [0.3, 0.4) is 0 Å². The molecule has 6 nitrogen and oxygen atoms in total. The summed E-state index contributed by atoms with van der Waals surface area (Å²) in [7, 11) is 0. The molecule has 0 fully saturated rings. The number of nitrogens with one attached hydrogen (secondary N) is 1. The second kappa shape index (κ2) is 7.98. The molecule has 0 radical (unpaired) electrons. The summed E-state index contributed by atoms with van der Waals surface area (Å²) in [5.41, 5.74) is 1.69. The minimum absolute atomic E-state index is 0.173. The molecule has 1 aromatic carbocycles. The van der Waals surface area contributed by atoms with E-state index >= 15 is 0 Å². The summed E-state index contributed by atoms with van der Waals surface area (Å²) in [4.78, 5) is 39.5. The molecule has 132 valence electrons. The largest absolute Gasteiger partial charge is 0.462 e. The number of H-pyrrole nitrogens is 1. The predicted molar refractivity (Wildman–Crippen MR) is 92.3 cm³/mol. The van der Waals surface area contributed by atoms with Gasteiger partial charge in [0.2, 0.25) is 5.78 Å². The molecule has 25 heavy (non-hydrogen) atoms. The fourth-order valence-electron chi connectivity index (χ4n) is 2.46. The van der Waals surface area contributed by atoms with Gasteiger partial charge in [-0.3, -0.25) is 4.79 Å². The minimum Gasteiger partial charge on any atom is -0.462 e. The van der Waals surface area contributed by atoms with Gasteiger partial charge in [0.1, 0.15) is 0 Å². The molecule has 1 N–H and O–H groups in total. The second-order valence-corrected chi connectivity index (χ2v) is 5.79. The Morgan fingerprint density at radius 1 is 0.960 bits per heavy atom. The Bertz CT molecular complexity index is 808. The van der Waals surface area contributed by atoms with Gasteiger partial charge in [-0.25, -0.2) is 9.59 Å². The van der Waals surface area contributed by atoms with Gasteiger partial charge in [0, 0.05) is 16.4 Å². The summed E-state index contributed by atoms with van der Waals surface area (Å²) in [6.07, 6.45) is 0. The molecule has 2 rings (SSSR count). The van der Waals surface area contributed by atoms with Crippen LogP contribution in [-0.2, 0) is 9.47 Å². The Morgan fingerprint density at radius 3 is 2.16 bits per heavy atom. The van der Waals surface area contributed by atoms with Crippen LogP contribution >= 0.6 is 11.6 Å². The van der Waals surface area contributed by atoms with Crippen LogP contribution in [0.15, 0.2) is 24.3 Å². The third-order valence-electron chi connectivity index (χ3n) is 3.55. The zero-order valence-corrected chi connectivity index (χ0v) is 14.9. The molecular weight excluding hydrogens is 346 g/mol. The lowest BCUT2D eigenvalue weighted by molar-refractivity contribution is 0.0472. The number of aryl methyl sites for hydroxylation is 2. The number of aromatic amines is 1. The van der Waals surface area contributed by atoms with E-state index in [1.807, 2.05) is 0 Å². The van der Waals surface area contributed by atoms with E-state index in [9.17, 15) is 14.4 Å². The first kappa shape index (κ1) is 18.7. The highest BCUT2D eigenvalue weighted by Gasteiger charge is 2.26. The van der Waals surface area contributed by atoms with Gasteiger partial charge in [0.05, 0.1) is 23.3 Å². The maximum Gasteiger partial charge on any atom is 0.340 e. The predicted octanol–water partition coefficient (Wildman–Crippen LogP) is 3.50. The van der Waals surface area contributed by atoms with Crippen LogP contribution in [0.2, 0.25) is 5.02 Å². The topological polar surface area (TPSA) is 85.5 Å². The lowest BCUT2D eigenvalue weighted by Crippen LogP contribution is -2.18. The third kappa shape index (κ3) is 4.28. The molecule has 2 aromatic rings. The zero-order valence-electron chi connectivity index (χ0n) is 14.1. The van der Waals surface area contributed by atoms with Gasteiger partial charge < -0.3 is 14.5 Å². The van der Waals surface area contributed by atoms with Crippen molar-refractivity contribution in [3.8, 4) is 0 Å². The molecule has 0 aliphatic rings. The van der Waals surface area contributed by atoms with E-state index in [0.717, 1.165) is 0 Å². The highest BCUT2D eigenvalue weighted by molar-refractivity contribution is 6.30. The molecule has 0 aliphatic heterocycles. The number of esters is 2. The van der Waals surface area contributed by atoms with Crippen molar-refractivity contribution >= 4 is 29.3 Å². The van der Waals surface area contributed by atoms with Gasteiger partial charge in [-0.05, 0) is 45.0 Å². The van der Waals surface area contributed by atoms with Gasteiger partial charge in [-0.2, -0.15) is 0 Å². The van der Waals surface area contributed by atoms with E-state index < -0.39 is 24.3 Å². The highest BCUT2D eigenvalue weighted by atomic mass is 35.5. The Morgan fingerprint density at radius 2 is 1.56 bits per heavy atom. The average molecular weight is 364 g/mol. The molecule has 0 amide bonds. The number of benzene rings is 1. The first-order valence-corrected chi connectivity index (χ1v) is 8.05.